The third-order valence-electron chi connectivity index (χ3n) is 2.33. The Labute approximate surface area is 104 Å². The lowest BCUT2D eigenvalue weighted by molar-refractivity contribution is 0.499. The molecule has 1 heterocycles. The van der Waals surface area contributed by atoms with Crippen LogP contribution in [0.15, 0.2) is 10.7 Å². The molecule has 1 N–H and O–H groups in total. The molecule has 5 heteroatoms. The molecule has 0 saturated carbocycles. The van der Waals surface area contributed by atoms with Crippen LogP contribution in [0.4, 0.5) is 0 Å². The Hall–Kier alpha value is 0. The summed E-state index contributed by atoms with van der Waals surface area (Å²) in [4.78, 5) is 0. The predicted octanol–water partition coefficient (Wildman–Crippen LogP) is 2.59. The molecular weight excluding hydrogens is 274 g/mol. The van der Waals surface area contributed by atoms with Crippen LogP contribution in [0.3, 0.4) is 0 Å². The van der Waals surface area contributed by atoms with Crippen molar-refractivity contribution in [1.29, 1.82) is 0 Å². The number of hydrogen-bond donors (Lipinski definition) is 1. The largest absolute Gasteiger partial charge is 0.309 e. The summed E-state index contributed by atoms with van der Waals surface area (Å²) in [5, 5.41) is 7.75. The smallest absolute Gasteiger partial charge is 0.0692 e. The van der Waals surface area contributed by atoms with Crippen molar-refractivity contribution in [2.24, 2.45) is 7.05 Å². The Morgan fingerprint density at radius 1 is 1.67 bits per heavy atom. The maximum atomic E-state index is 4.25. The fraction of sp³-hybridized carbons (Fsp3) is 0.700. The van der Waals surface area contributed by atoms with Gasteiger partial charge in [0.15, 0.2) is 0 Å². The van der Waals surface area contributed by atoms with E-state index in [1.807, 2.05) is 29.7 Å². The predicted molar refractivity (Wildman–Crippen MR) is 70.3 cm³/mol. The Bertz CT molecular complexity index is 281. The van der Waals surface area contributed by atoms with Gasteiger partial charge in [0.05, 0.1) is 22.4 Å². The van der Waals surface area contributed by atoms with Crippen molar-refractivity contribution in [1.82, 2.24) is 15.1 Å². The van der Waals surface area contributed by atoms with E-state index in [9.17, 15) is 0 Å². The molecule has 0 aromatic carbocycles. The number of halogens is 1. The topological polar surface area (TPSA) is 29.9 Å². The van der Waals surface area contributed by atoms with Crippen molar-refractivity contribution in [2.75, 3.05) is 18.6 Å². The van der Waals surface area contributed by atoms with Crippen molar-refractivity contribution < 1.29 is 0 Å². The second-order valence-electron chi connectivity index (χ2n) is 3.39. The minimum Gasteiger partial charge on any atom is -0.309 e. The highest BCUT2D eigenvalue weighted by atomic mass is 79.9. The first-order valence-electron chi connectivity index (χ1n) is 5.10. The van der Waals surface area contributed by atoms with E-state index in [-0.39, 0.29) is 0 Å². The summed E-state index contributed by atoms with van der Waals surface area (Å²) in [5.74, 6) is 1.16. The summed E-state index contributed by atoms with van der Waals surface area (Å²) in [6, 6.07) is 0.393. The maximum absolute atomic E-state index is 4.25. The molecule has 15 heavy (non-hydrogen) atoms. The van der Waals surface area contributed by atoms with E-state index < -0.39 is 0 Å². The Kier molecular flexibility index (Phi) is 5.71. The summed E-state index contributed by atoms with van der Waals surface area (Å²) in [6.07, 6.45) is 5.13. The first-order valence-corrected chi connectivity index (χ1v) is 7.29. The number of hydrogen-bond acceptors (Lipinski definition) is 3. The molecule has 3 nitrogen and oxygen atoms in total. The zero-order chi connectivity index (χ0) is 11.3. The van der Waals surface area contributed by atoms with Crippen LogP contribution in [-0.4, -0.2) is 28.3 Å². The monoisotopic (exact) mass is 291 g/mol. The Balaban J connectivity index is 2.78. The highest BCUT2D eigenvalue weighted by Crippen LogP contribution is 2.25. The minimum absolute atomic E-state index is 0.393. The van der Waals surface area contributed by atoms with E-state index in [2.05, 4.69) is 39.5 Å². The minimum atomic E-state index is 0.393. The van der Waals surface area contributed by atoms with Gasteiger partial charge in [-0.25, -0.2) is 0 Å². The summed E-state index contributed by atoms with van der Waals surface area (Å²) >= 11 is 5.43. The van der Waals surface area contributed by atoms with E-state index in [1.165, 1.54) is 5.69 Å². The van der Waals surface area contributed by atoms with Gasteiger partial charge >= 0.3 is 0 Å². The average molecular weight is 292 g/mol. The molecule has 0 aliphatic rings. The van der Waals surface area contributed by atoms with Crippen LogP contribution in [-0.2, 0) is 7.05 Å². The van der Waals surface area contributed by atoms with Crippen LogP contribution in [0.1, 0.15) is 25.1 Å². The second kappa shape index (κ2) is 6.55. The molecule has 0 amide bonds. The van der Waals surface area contributed by atoms with Gasteiger partial charge in [-0.3, -0.25) is 4.68 Å². The number of thioether (sulfide) groups is 1. The lowest BCUT2D eigenvalue weighted by Gasteiger charge is -2.18. The zero-order valence-corrected chi connectivity index (χ0v) is 11.9. The quantitative estimate of drug-likeness (QED) is 0.874. The standard InChI is InChI=1S/C10H18BrN3S/c1-4-12-9(5-6-15-3)10-8(11)7-13-14(10)2/h7,9,12H,4-6H2,1-3H3. The van der Waals surface area contributed by atoms with Gasteiger partial charge in [-0.2, -0.15) is 16.9 Å². The van der Waals surface area contributed by atoms with E-state index in [0.717, 1.165) is 23.2 Å². The van der Waals surface area contributed by atoms with E-state index >= 15 is 0 Å². The summed E-state index contributed by atoms with van der Waals surface area (Å²) in [7, 11) is 1.99. The van der Waals surface area contributed by atoms with Crippen molar-refractivity contribution >= 4 is 27.7 Å². The van der Waals surface area contributed by atoms with Crippen LogP contribution in [0.25, 0.3) is 0 Å². The molecule has 0 bridgehead atoms. The first-order chi connectivity index (χ1) is 7.20. The number of aryl methyl sites for hydroxylation is 1. The first kappa shape index (κ1) is 13.1. The van der Waals surface area contributed by atoms with Crippen molar-refractivity contribution in [3.8, 4) is 0 Å². The number of nitrogens with one attached hydrogen (secondary N) is 1. The van der Waals surface area contributed by atoms with Crippen molar-refractivity contribution in [3.05, 3.63) is 16.4 Å². The third-order valence-corrected chi connectivity index (χ3v) is 3.58. The molecule has 0 spiro atoms. The highest BCUT2D eigenvalue weighted by molar-refractivity contribution is 9.10. The number of aromatic nitrogens is 2. The zero-order valence-electron chi connectivity index (χ0n) is 9.46. The van der Waals surface area contributed by atoms with Crippen LogP contribution in [0, 0.1) is 0 Å². The molecule has 0 aliphatic carbocycles. The molecule has 1 unspecified atom stereocenters. The molecule has 1 atom stereocenters. The highest BCUT2D eigenvalue weighted by Gasteiger charge is 2.17. The van der Waals surface area contributed by atoms with Crippen LogP contribution < -0.4 is 5.32 Å². The maximum Gasteiger partial charge on any atom is 0.0692 e. The van der Waals surface area contributed by atoms with Gasteiger partial charge in [-0.15, -0.1) is 0 Å². The molecule has 1 aromatic rings. The van der Waals surface area contributed by atoms with Crippen molar-refractivity contribution in [2.45, 2.75) is 19.4 Å². The molecule has 0 fully saturated rings. The van der Waals surface area contributed by atoms with Gasteiger partial charge in [0, 0.05) is 7.05 Å². The summed E-state index contributed by atoms with van der Waals surface area (Å²) in [5.41, 5.74) is 1.24. The number of nitrogens with zero attached hydrogens (tertiary/aromatic N) is 2. The fourth-order valence-corrected chi connectivity index (χ4v) is 2.73. The molecule has 1 rings (SSSR count). The molecule has 1 aromatic heterocycles. The lowest BCUT2D eigenvalue weighted by atomic mass is 10.1. The summed E-state index contributed by atoms with van der Waals surface area (Å²) < 4.78 is 3.04. The van der Waals surface area contributed by atoms with E-state index in [4.69, 9.17) is 0 Å². The average Bonchev–Trinajstić information content (AvgIpc) is 2.54. The van der Waals surface area contributed by atoms with Gasteiger partial charge in [-0.1, -0.05) is 6.92 Å². The van der Waals surface area contributed by atoms with Crippen LogP contribution in [0.2, 0.25) is 0 Å². The van der Waals surface area contributed by atoms with E-state index in [1.54, 1.807) is 0 Å². The summed E-state index contributed by atoms with van der Waals surface area (Å²) in [6.45, 7) is 3.12. The number of rotatable bonds is 6. The Morgan fingerprint density at radius 3 is 2.87 bits per heavy atom. The SMILES string of the molecule is CCNC(CCSC)c1c(Br)cnn1C. The van der Waals surface area contributed by atoms with Crippen LogP contribution >= 0.6 is 27.7 Å². The second-order valence-corrected chi connectivity index (χ2v) is 5.23. The molecule has 86 valence electrons. The lowest BCUT2D eigenvalue weighted by Crippen LogP contribution is -2.24. The normalized spacial score (nSPS) is 13.1. The van der Waals surface area contributed by atoms with Crippen molar-refractivity contribution in [3.63, 3.8) is 0 Å². The van der Waals surface area contributed by atoms with Gasteiger partial charge in [-0.05, 0) is 40.9 Å². The fourth-order valence-electron chi connectivity index (χ4n) is 1.63. The van der Waals surface area contributed by atoms with Gasteiger partial charge < -0.3 is 5.32 Å². The van der Waals surface area contributed by atoms with Gasteiger partial charge in [0.1, 0.15) is 0 Å². The molecule has 0 radical (unpaired) electrons. The van der Waals surface area contributed by atoms with Gasteiger partial charge in [0.2, 0.25) is 0 Å². The third kappa shape index (κ3) is 3.50. The molecule has 0 aliphatic heterocycles. The molecular formula is C10H18BrN3S. The Morgan fingerprint density at radius 2 is 2.40 bits per heavy atom. The van der Waals surface area contributed by atoms with Gasteiger partial charge in [0.25, 0.3) is 0 Å². The molecule has 0 saturated heterocycles. The van der Waals surface area contributed by atoms with Crippen LogP contribution in [0.5, 0.6) is 0 Å². The van der Waals surface area contributed by atoms with E-state index in [0.29, 0.717) is 6.04 Å².